The smallest absolute Gasteiger partial charge is 0.303 e. The summed E-state index contributed by atoms with van der Waals surface area (Å²) in [6.45, 7) is 2.94. The van der Waals surface area contributed by atoms with Crippen molar-refractivity contribution < 1.29 is 19.4 Å². The zero-order chi connectivity index (χ0) is 19.1. The second kappa shape index (κ2) is 9.08. The first-order valence-electron chi connectivity index (χ1n) is 9.24. The Labute approximate surface area is 159 Å². The third kappa shape index (κ3) is 5.00. The number of benzene rings is 3. The maximum absolute atomic E-state index is 11.0. The number of hydrogen-bond donors (Lipinski definition) is 1. The summed E-state index contributed by atoms with van der Waals surface area (Å²) in [7, 11) is 0. The third-order valence-electron chi connectivity index (χ3n) is 4.53. The minimum atomic E-state index is -0.812. The molecule has 0 aromatic heterocycles. The van der Waals surface area contributed by atoms with E-state index in [2.05, 4.69) is 19.1 Å². The van der Waals surface area contributed by atoms with Crippen molar-refractivity contribution in [3.05, 3.63) is 71.8 Å². The highest BCUT2D eigenvalue weighted by molar-refractivity contribution is 5.88. The average molecular weight is 364 g/mol. The molecule has 3 aromatic rings. The first-order chi connectivity index (χ1) is 13.2. The predicted octanol–water partition coefficient (Wildman–Crippen LogP) is 4.88. The molecule has 3 rings (SSSR count). The zero-order valence-electron chi connectivity index (χ0n) is 15.5. The molecule has 1 N–H and O–H groups in total. The van der Waals surface area contributed by atoms with E-state index in [9.17, 15) is 4.79 Å². The quantitative estimate of drug-likeness (QED) is 0.550. The van der Waals surface area contributed by atoms with Gasteiger partial charge in [-0.1, -0.05) is 49.4 Å². The fraction of sp³-hybridized carbons (Fsp3) is 0.261. The topological polar surface area (TPSA) is 55.8 Å². The van der Waals surface area contributed by atoms with E-state index in [-0.39, 0.29) is 6.42 Å². The molecule has 0 aliphatic rings. The molecule has 0 atom stereocenters. The fourth-order valence-corrected chi connectivity index (χ4v) is 3.07. The lowest BCUT2D eigenvalue weighted by Gasteiger charge is -2.14. The van der Waals surface area contributed by atoms with Crippen LogP contribution in [0.15, 0.2) is 60.7 Å². The Morgan fingerprint density at radius 1 is 0.926 bits per heavy atom. The molecule has 0 saturated carbocycles. The van der Waals surface area contributed by atoms with Gasteiger partial charge in [0, 0.05) is 12.0 Å². The van der Waals surface area contributed by atoms with Crippen LogP contribution >= 0.6 is 0 Å². The number of carbonyl (C=O) groups is 1. The molecule has 0 aliphatic carbocycles. The lowest BCUT2D eigenvalue weighted by molar-refractivity contribution is -0.136. The van der Waals surface area contributed by atoms with Gasteiger partial charge >= 0.3 is 5.97 Å². The SMILES string of the molecule is CCc1ccc(OCCOc2ccc3ccccc3c2CCC(=O)O)cc1. The first-order valence-corrected chi connectivity index (χ1v) is 9.24. The number of hydrogen-bond acceptors (Lipinski definition) is 3. The summed E-state index contributed by atoms with van der Waals surface area (Å²) in [6.07, 6.45) is 1.51. The van der Waals surface area contributed by atoms with Crippen molar-refractivity contribution in [1.29, 1.82) is 0 Å². The molecule has 4 heteroatoms. The van der Waals surface area contributed by atoms with Crippen molar-refractivity contribution in [1.82, 2.24) is 0 Å². The highest BCUT2D eigenvalue weighted by atomic mass is 16.5. The van der Waals surface area contributed by atoms with Crippen LogP contribution in [0.4, 0.5) is 0 Å². The average Bonchev–Trinajstić information content (AvgIpc) is 2.70. The molecule has 3 aromatic carbocycles. The number of fused-ring (bicyclic) bond motifs is 1. The molecular formula is C23H24O4. The number of aryl methyl sites for hydroxylation is 2. The summed E-state index contributed by atoms with van der Waals surface area (Å²) in [5.41, 5.74) is 2.21. The van der Waals surface area contributed by atoms with Crippen LogP contribution in [0.25, 0.3) is 10.8 Å². The van der Waals surface area contributed by atoms with Gasteiger partial charge in [-0.05, 0) is 47.4 Å². The lowest BCUT2D eigenvalue weighted by atomic mass is 10.00. The second-order valence-electron chi connectivity index (χ2n) is 6.35. The van der Waals surface area contributed by atoms with Gasteiger partial charge in [-0.3, -0.25) is 4.79 Å². The van der Waals surface area contributed by atoms with E-state index in [1.807, 2.05) is 48.5 Å². The summed E-state index contributed by atoms with van der Waals surface area (Å²) in [5, 5.41) is 11.2. The van der Waals surface area contributed by atoms with E-state index in [1.165, 1.54) is 5.56 Å². The Morgan fingerprint density at radius 2 is 1.67 bits per heavy atom. The molecule has 0 heterocycles. The number of rotatable bonds is 9. The zero-order valence-corrected chi connectivity index (χ0v) is 15.5. The van der Waals surface area contributed by atoms with E-state index in [1.54, 1.807) is 0 Å². The molecule has 27 heavy (non-hydrogen) atoms. The van der Waals surface area contributed by atoms with Gasteiger partial charge in [0.15, 0.2) is 0 Å². The van der Waals surface area contributed by atoms with Crippen LogP contribution < -0.4 is 9.47 Å². The minimum Gasteiger partial charge on any atom is -0.490 e. The monoisotopic (exact) mass is 364 g/mol. The fourth-order valence-electron chi connectivity index (χ4n) is 3.07. The molecule has 0 saturated heterocycles. The molecule has 140 valence electrons. The van der Waals surface area contributed by atoms with Crippen molar-refractivity contribution in [2.75, 3.05) is 13.2 Å². The molecule has 4 nitrogen and oxygen atoms in total. The van der Waals surface area contributed by atoms with Gasteiger partial charge in [-0.2, -0.15) is 0 Å². The largest absolute Gasteiger partial charge is 0.490 e. The van der Waals surface area contributed by atoms with Crippen molar-refractivity contribution in [3.8, 4) is 11.5 Å². The van der Waals surface area contributed by atoms with Crippen molar-refractivity contribution in [3.63, 3.8) is 0 Å². The van der Waals surface area contributed by atoms with Gasteiger partial charge in [0.1, 0.15) is 24.7 Å². The molecule has 0 bridgehead atoms. The second-order valence-corrected chi connectivity index (χ2v) is 6.35. The van der Waals surface area contributed by atoms with Crippen LogP contribution in [-0.4, -0.2) is 24.3 Å². The van der Waals surface area contributed by atoms with E-state index in [0.29, 0.717) is 19.6 Å². The Balaban J connectivity index is 1.66. The third-order valence-corrected chi connectivity index (χ3v) is 4.53. The van der Waals surface area contributed by atoms with Crippen LogP contribution in [0.1, 0.15) is 24.5 Å². The summed E-state index contributed by atoms with van der Waals surface area (Å²) in [5.74, 6) is 0.730. The molecule has 0 radical (unpaired) electrons. The van der Waals surface area contributed by atoms with Gasteiger partial charge in [0.05, 0.1) is 0 Å². The lowest BCUT2D eigenvalue weighted by Crippen LogP contribution is -2.10. The normalized spacial score (nSPS) is 10.7. The molecule has 0 amide bonds. The van der Waals surface area contributed by atoms with E-state index < -0.39 is 5.97 Å². The van der Waals surface area contributed by atoms with Gasteiger partial charge in [0.25, 0.3) is 0 Å². The highest BCUT2D eigenvalue weighted by Gasteiger charge is 2.11. The maximum atomic E-state index is 11.0. The van der Waals surface area contributed by atoms with Crippen LogP contribution in [-0.2, 0) is 17.6 Å². The van der Waals surface area contributed by atoms with Crippen molar-refractivity contribution in [2.45, 2.75) is 26.2 Å². The summed E-state index contributed by atoms with van der Waals surface area (Å²) < 4.78 is 11.7. The predicted molar refractivity (Wildman–Crippen MR) is 107 cm³/mol. The van der Waals surface area contributed by atoms with Crippen LogP contribution in [0, 0.1) is 0 Å². The summed E-state index contributed by atoms with van der Waals surface area (Å²) >= 11 is 0. The number of carboxylic acids is 1. The van der Waals surface area contributed by atoms with Gasteiger partial charge in [-0.25, -0.2) is 0 Å². The van der Waals surface area contributed by atoms with Crippen molar-refractivity contribution >= 4 is 16.7 Å². The van der Waals surface area contributed by atoms with E-state index >= 15 is 0 Å². The Kier molecular flexibility index (Phi) is 6.31. The van der Waals surface area contributed by atoms with Gasteiger partial charge in [-0.15, -0.1) is 0 Å². The van der Waals surface area contributed by atoms with Crippen LogP contribution in [0.3, 0.4) is 0 Å². The molecular weight excluding hydrogens is 340 g/mol. The maximum Gasteiger partial charge on any atom is 0.303 e. The van der Waals surface area contributed by atoms with E-state index in [4.69, 9.17) is 14.6 Å². The van der Waals surface area contributed by atoms with Crippen LogP contribution in [0.5, 0.6) is 11.5 Å². The minimum absolute atomic E-state index is 0.0741. The molecule has 0 spiro atoms. The summed E-state index contributed by atoms with van der Waals surface area (Å²) in [4.78, 5) is 11.0. The van der Waals surface area contributed by atoms with Crippen molar-refractivity contribution in [2.24, 2.45) is 0 Å². The number of carboxylic acid groups (broad SMARTS) is 1. The molecule has 0 fully saturated rings. The Morgan fingerprint density at radius 3 is 2.41 bits per heavy atom. The van der Waals surface area contributed by atoms with E-state index in [0.717, 1.165) is 34.3 Å². The standard InChI is InChI=1S/C23H24O4/c1-2-17-7-10-19(11-8-17)26-15-16-27-22-13-9-18-5-3-4-6-20(18)21(22)12-14-23(24)25/h3-11,13H,2,12,14-16H2,1H3,(H,24,25). The molecule has 0 unspecified atom stereocenters. The van der Waals surface area contributed by atoms with Crippen LogP contribution in [0.2, 0.25) is 0 Å². The molecule has 0 aliphatic heterocycles. The number of aliphatic carboxylic acids is 1. The first kappa shape index (κ1) is 18.8. The Hall–Kier alpha value is -3.01. The summed E-state index contributed by atoms with van der Waals surface area (Å²) in [6, 6.07) is 19.9. The van der Waals surface area contributed by atoms with Gasteiger partial charge < -0.3 is 14.6 Å². The Bertz CT molecular complexity index is 900. The van der Waals surface area contributed by atoms with Gasteiger partial charge in [0.2, 0.25) is 0 Å². The number of ether oxygens (including phenoxy) is 2. The highest BCUT2D eigenvalue weighted by Crippen LogP contribution is 2.29.